The molecular weight excluding hydrogens is 485 g/mol. The van der Waals surface area contributed by atoms with Gasteiger partial charge in [0.05, 0.1) is 23.6 Å². The number of fused-ring (bicyclic) bond motifs is 1. The van der Waals surface area contributed by atoms with Gasteiger partial charge in [-0.3, -0.25) is 0 Å². The summed E-state index contributed by atoms with van der Waals surface area (Å²) < 4.78 is 43.9. The first-order chi connectivity index (χ1) is 17.1. The highest BCUT2D eigenvalue weighted by molar-refractivity contribution is 7.90. The van der Waals surface area contributed by atoms with Crippen LogP contribution in [0.25, 0.3) is 11.0 Å². The first-order valence-corrected chi connectivity index (χ1v) is 12.3. The van der Waals surface area contributed by atoms with Crippen molar-refractivity contribution in [3.8, 4) is 0 Å². The van der Waals surface area contributed by atoms with E-state index in [-0.39, 0.29) is 27.7 Å². The third-order valence-electron chi connectivity index (χ3n) is 5.67. The number of hydrogen-bond acceptors (Lipinski definition) is 9. The first kappa shape index (κ1) is 23.4. The number of nitrogen functional groups attached to an aromatic ring is 1. The van der Waals surface area contributed by atoms with Crippen molar-refractivity contribution in [2.24, 2.45) is 7.05 Å². The van der Waals surface area contributed by atoms with Gasteiger partial charge in [0.1, 0.15) is 22.7 Å². The maximum absolute atomic E-state index is 13.8. The second-order valence-corrected chi connectivity index (χ2v) is 10.2. The number of anilines is 3. The zero-order chi connectivity index (χ0) is 25.6. The van der Waals surface area contributed by atoms with E-state index in [4.69, 9.17) is 5.73 Å². The molecule has 0 spiro atoms. The molecule has 184 valence electrons. The number of aryl methyl sites for hydroxylation is 2. The maximum atomic E-state index is 13.8. The number of nitrogens with zero attached hydrogens (tertiary/aromatic N) is 7. The van der Waals surface area contributed by atoms with E-state index in [0.717, 1.165) is 21.9 Å². The highest BCUT2D eigenvalue weighted by Crippen LogP contribution is 2.36. The number of halogens is 1. The van der Waals surface area contributed by atoms with Crippen LogP contribution in [-0.4, -0.2) is 41.9 Å². The van der Waals surface area contributed by atoms with Crippen molar-refractivity contribution >= 4 is 38.6 Å². The van der Waals surface area contributed by atoms with Crippen LogP contribution >= 0.6 is 0 Å². The molecule has 1 aromatic carbocycles. The Bertz CT molecular complexity index is 1680. The lowest BCUT2D eigenvalue weighted by molar-refractivity contribution is 0.589. The smallest absolute Gasteiger partial charge is 0.268 e. The topological polar surface area (TPSA) is 146 Å². The Morgan fingerprint density at radius 1 is 1.06 bits per heavy atom. The van der Waals surface area contributed by atoms with Crippen LogP contribution in [0, 0.1) is 12.7 Å². The Hall–Kier alpha value is -4.39. The fourth-order valence-electron chi connectivity index (χ4n) is 3.84. The van der Waals surface area contributed by atoms with Gasteiger partial charge in [-0.25, -0.2) is 36.7 Å². The summed E-state index contributed by atoms with van der Waals surface area (Å²) in [6, 6.07) is 6.51. The first-order valence-electron chi connectivity index (χ1n) is 10.9. The van der Waals surface area contributed by atoms with Crippen molar-refractivity contribution in [1.29, 1.82) is 0 Å². The van der Waals surface area contributed by atoms with E-state index in [1.54, 1.807) is 43.2 Å². The van der Waals surface area contributed by atoms with Gasteiger partial charge in [-0.05, 0) is 19.1 Å². The Balaban J connectivity index is 1.77. The SMILES string of the molecule is Cc1ccc(S(=O)(=O)n2cc([C@@H](C)c3ncc(F)cn3)c3nc(N)nc(Nc4cn(C)cn4)c32)cc1. The molecule has 0 bridgehead atoms. The number of benzene rings is 1. The summed E-state index contributed by atoms with van der Waals surface area (Å²) in [5.41, 5.74) is 7.90. The van der Waals surface area contributed by atoms with Gasteiger partial charge in [0, 0.05) is 30.9 Å². The number of rotatable bonds is 6. The Kier molecular flexibility index (Phi) is 5.63. The van der Waals surface area contributed by atoms with Crippen LogP contribution in [0.3, 0.4) is 0 Å². The lowest BCUT2D eigenvalue weighted by Gasteiger charge is -2.11. The molecule has 0 aliphatic rings. The lowest BCUT2D eigenvalue weighted by Crippen LogP contribution is -2.13. The summed E-state index contributed by atoms with van der Waals surface area (Å²) in [4.78, 5) is 21.1. The largest absolute Gasteiger partial charge is 0.368 e. The number of nitrogens with two attached hydrogens (primary N) is 1. The van der Waals surface area contributed by atoms with Crippen LogP contribution in [0.5, 0.6) is 0 Å². The zero-order valence-corrected chi connectivity index (χ0v) is 20.4. The summed E-state index contributed by atoms with van der Waals surface area (Å²) in [7, 11) is -2.28. The molecule has 5 rings (SSSR count). The predicted molar refractivity (Wildman–Crippen MR) is 132 cm³/mol. The van der Waals surface area contributed by atoms with E-state index in [1.165, 1.54) is 18.3 Å². The van der Waals surface area contributed by atoms with E-state index in [9.17, 15) is 12.8 Å². The fourth-order valence-corrected chi connectivity index (χ4v) is 5.21. The van der Waals surface area contributed by atoms with Crippen molar-refractivity contribution < 1.29 is 12.8 Å². The minimum atomic E-state index is -4.08. The van der Waals surface area contributed by atoms with Crippen LogP contribution in [-0.2, 0) is 17.1 Å². The molecule has 0 radical (unpaired) electrons. The number of hydrogen-bond donors (Lipinski definition) is 2. The molecule has 4 aromatic heterocycles. The molecule has 0 aliphatic heterocycles. The maximum Gasteiger partial charge on any atom is 0.268 e. The second-order valence-electron chi connectivity index (χ2n) is 8.36. The molecule has 4 heterocycles. The standard InChI is InChI=1S/C23H22FN9O2S/c1-13-4-6-16(7-5-13)36(34,35)33-10-17(14(2)21-26-8-15(24)9-27-21)19-20(33)22(31-23(25)30-19)29-18-11-32(3)12-28-18/h4-12,14H,1-3H3,(H3,25,29,30,31)/t14-/m1/s1. The number of imidazole rings is 1. The summed E-state index contributed by atoms with van der Waals surface area (Å²) in [6.45, 7) is 3.64. The molecule has 36 heavy (non-hydrogen) atoms. The van der Waals surface area contributed by atoms with Crippen LogP contribution in [0.2, 0.25) is 0 Å². The van der Waals surface area contributed by atoms with Gasteiger partial charge in [0.25, 0.3) is 10.0 Å². The Morgan fingerprint density at radius 2 is 1.75 bits per heavy atom. The van der Waals surface area contributed by atoms with Crippen molar-refractivity contribution in [3.63, 3.8) is 0 Å². The van der Waals surface area contributed by atoms with E-state index >= 15 is 0 Å². The van der Waals surface area contributed by atoms with E-state index in [1.807, 2.05) is 6.92 Å². The van der Waals surface area contributed by atoms with Crippen molar-refractivity contribution in [2.75, 3.05) is 11.1 Å². The number of nitrogens with one attached hydrogen (secondary N) is 1. The second kappa shape index (κ2) is 8.68. The van der Waals surface area contributed by atoms with Gasteiger partial charge >= 0.3 is 0 Å². The van der Waals surface area contributed by atoms with Crippen LogP contribution in [0.15, 0.2) is 60.3 Å². The van der Waals surface area contributed by atoms with E-state index < -0.39 is 21.8 Å². The van der Waals surface area contributed by atoms with E-state index in [2.05, 4.69) is 30.2 Å². The zero-order valence-electron chi connectivity index (χ0n) is 19.6. The molecule has 1 atom stereocenters. The van der Waals surface area contributed by atoms with Crippen LogP contribution in [0.1, 0.15) is 29.8 Å². The highest BCUT2D eigenvalue weighted by Gasteiger charge is 2.28. The molecule has 0 saturated carbocycles. The molecule has 0 fully saturated rings. The van der Waals surface area contributed by atoms with Crippen LogP contribution < -0.4 is 11.1 Å². The molecule has 0 amide bonds. The molecule has 0 saturated heterocycles. The fraction of sp³-hybridized carbons (Fsp3) is 0.174. The van der Waals surface area contributed by atoms with Gasteiger partial charge in [0.2, 0.25) is 5.95 Å². The Labute approximate surface area is 205 Å². The van der Waals surface area contributed by atoms with Crippen molar-refractivity contribution in [3.05, 3.63) is 78.1 Å². The average molecular weight is 508 g/mol. The van der Waals surface area contributed by atoms with Crippen LogP contribution in [0.4, 0.5) is 22.0 Å². The van der Waals surface area contributed by atoms with Gasteiger partial charge in [-0.1, -0.05) is 24.6 Å². The van der Waals surface area contributed by atoms with Crippen molar-refractivity contribution in [1.82, 2.24) is 33.5 Å². The molecule has 11 nitrogen and oxygen atoms in total. The summed E-state index contributed by atoms with van der Waals surface area (Å²) in [5, 5.41) is 3.05. The van der Waals surface area contributed by atoms with Gasteiger partial charge < -0.3 is 15.6 Å². The third-order valence-corrected chi connectivity index (χ3v) is 7.35. The Morgan fingerprint density at radius 3 is 2.39 bits per heavy atom. The third kappa shape index (κ3) is 4.13. The molecule has 5 aromatic rings. The minimum absolute atomic E-state index is 0.0695. The monoisotopic (exact) mass is 507 g/mol. The van der Waals surface area contributed by atoms with Crippen molar-refractivity contribution in [2.45, 2.75) is 24.7 Å². The van der Waals surface area contributed by atoms with Gasteiger partial charge in [-0.15, -0.1) is 0 Å². The van der Waals surface area contributed by atoms with Gasteiger partial charge in [0.15, 0.2) is 11.6 Å². The quantitative estimate of drug-likeness (QED) is 0.354. The normalized spacial score (nSPS) is 12.7. The summed E-state index contributed by atoms with van der Waals surface area (Å²) in [6.07, 6.45) is 6.86. The molecule has 0 unspecified atom stereocenters. The number of aromatic nitrogens is 7. The molecule has 0 aliphatic carbocycles. The predicted octanol–water partition coefficient (Wildman–Crippen LogP) is 3.12. The highest BCUT2D eigenvalue weighted by atomic mass is 32.2. The summed E-state index contributed by atoms with van der Waals surface area (Å²) in [5.74, 6) is -0.304. The summed E-state index contributed by atoms with van der Waals surface area (Å²) >= 11 is 0. The average Bonchev–Trinajstić information content (AvgIpc) is 3.43. The molecule has 3 N–H and O–H groups in total. The minimum Gasteiger partial charge on any atom is -0.368 e. The van der Waals surface area contributed by atoms with E-state index in [0.29, 0.717) is 17.2 Å². The lowest BCUT2D eigenvalue weighted by atomic mass is 10.0. The molecular formula is C23H22FN9O2S. The van der Waals surface area contributed by atoms with Gasteiger partial charge in [-0.2, -0.15) is 4.98 Å². The molecule has 13 heteroatoms.